The molecule has 0 aromatic rings. The van der Waals surface area contributed by atoms with E-state index in [0.29, 0.717) is 18.4 Å². The molecule has 1 aliphatic rings. The van der Waals surface area contributed by atoms with E-state index in [1.165, 1.54) is 0 Å². The minimum absolute atomic E-state index is 0.123. The molecule has 0 radical (unpaired) electrons. The van der Waals surface area contributed by atoms with Crippen LogP contribution in [0, 0.1) is 0 Å². The fourth-order valence-electron chi connectivity index (χ4n) is 0.621. The Hall–Kier alpha value is -0.220. The van der Waals surface area contributed by atoms with Gasteiger partial charge in [-0.15, -0.1) is 0 Å². The van der Waals surface area contributed by atoms with Gasteiger partial charge in [0.2, 0.25) is 5.23 Å². The SMILES string of the molecule is CCOC1COC(S)=N1. The van der Waals surface area contributed by atoms with Crippen molar-refractivity contribution in [2.75, 3.05) is 13.2 Å². The van der Waals surface area contributed by atoms with Crippen LogP contribution in [-0.2, 0) is 9.47 Å². The van der Waals surface area contributed by atoms with Crippen LogP contribution < -0.4 is 0 Å². The molecule has 0 saturated heterocycles. The van der Waals surface area contributed by atoms with Crippen molar-refractivity contribution in [2.24, 2.45) is 4.99 Å². The number of nitrogens with zero attached hydrogens (tertiary/aromatic N) is 1. The predicted molar refractivity (Wildman–Crippen MR) is 37.8 cm³/mol. The van der Waals surface area contributed by atoms with Crippen molar-refractivity contribution in [2.45, 2.75) is 13.2 Å². The first-order valence-electron chi connectivity index (χ1n) is 2.84. The first kappa shape index (κ1) is 6.89. The van der Waals surface area contributed by atoms with Gasteiger partial charge in [0.15, 0.2) is 6.23 Å². The molecule has 1 rings (SSSR count). The maximum atomic E-state index is 5.11. The number of aliphatic imine (C=N–C) groups is 1. The number of hydrogen-bond donors (Lipinski definition) is 1. The summed E-state index contributed by atoms with van der Waals surface area (Å²) in [7, 11) is 0. The monoisotopic (exact) mass is 147 g/mol. The van der Waals surface area contributed by atoms with Crippen LogP contribution in [0.2, 0.25) is 0 Å². The van der Waals surface area contributed by atoms with Crippen LogP contribution in [0.5, 0.6) is 0 Å². The van der Waals surface area contributed by atoms with E-state index in [1.807, 2.05) is 6.92 Å². The molecule has 0 aliphatic carbocycles. The summed E-state index contributed by atoms with van der Waals surface area (Å²) in [4.78, 5) is 3.91. The van der Waals surface area contributed by atoms with Gasteiger partial charge in [-0.3, -0.25) is 0 Å². The molecule has 0 saturated carbocycles. The van der Waals surface area contributed by atoms with Crippen LogP contribution in [0.4, 0.5) is 0 Å². The average molecular weight is 147 g/mol. The largest absolute Gasteiger partial charge is 0.468 e. The molecule has 0 bridgehead atoms. The Kier molecular flexibility index (Phi) is 2.36. The summed E-state index contributed by atoms with van der Waals surface area (Å²) in [5.74, 6) is 0. The smallest absolute Gasteiger partial charge is 0.245 e. The fourth-order valence-corrected chi connectivity index (χ4v) is 0.825. The minimum atomic E-state index is -0.123. The second-order valence-electron chi connectivity index (χ2n) is 1.63. The molecule has 9 heavy (non-hydrogen) atoms. The highest BCUT2D eigenvalue weighted by Gasteiger charge is 2.14. The van der Waals surface area contributed by atoms with Gasteiger partial charge < -0.3 is 9.47 Å². The average Bonchev–Trinajstić information content (AvgIpc) is 2.17. The standard InChI is InChI=1S/C5H9NO2S/c1-2-7-4-3-8-5(9)6-4/h4H,2-3H2,1H3,(H,6,9). The summed E-state index contributed by atoms with van der Waals surface area (Å²) in [6.07, 6.45) is -0.123. The molecule has 1 aliphatic heterocycles. The fraction of sp³-hybridized carbons (Fsp3) is 0.800. The first-order chi connectivity index (χ1) is 4.33. The lowest BCUT2D eigenvalue weighted by Crippen LogP contribution is -2.10. The Morgan fingerprint density at radius 1 is 2.00 bits per heavy atom. The molecular formula is C5H9NO2S. The zero-order chi connectivity index (χ0) is 6.69. The van der Waals surface area contributed by atoms with Crippen molar-refractivity contribution >= 4 is 17.9 Å². The highest BCUT2D eigenvalue weighted by Crippen LogP contribution is 2.06. The highest BCUT2D eigenvalue weighted by atomic mass is 32.1. The van der Waals surface area contributed by atoms with Gasteiger partial charge in [0.1, 0.15) is 6.61 Å². The first-order valence-corrected chi connectivity index (χ1v) is 3.29. The van der Waals surface area contributed by atoms with E-state index in [1.54, 1.807) is 0 Å². The molecule has 0 amide bonds. The van der Waals surface area contributed by atoms with E-state index in [-0.39, 0.29) is 6.23 Å². The second-order valence-corrected chi connectivity index (χ2v) is 2.02. The Balaban J connectivity index is 2.29. The second kappa shape index (κ2) is 3.08. The van der Waals surface area contributed by atoms with Gasteiger partial charge in [-0.2, -0.15) is 0 Å². The van der Waals surface area contributed by atoms with Crippen LogP contribution in [0.15, 0.2) is 4.99 Å². The number of hydrogen-bond acceptors (Lipinski definition) is 3. The maximum Gasteiger partial charge on any atom is 0.245 e. The zero-order valence-corrected chi connectivity index (χ0v) is 6.10. The molecule has 52 valence electrons. The topological polar surface area (TPSA) is 30.8 Å². The van der Waals surface area contributed by atoms with Crippen molar-refractivity contribution in [1.82, 2.24) is 0 Å². The molecular weight excluding hydrogens is 138 g/mol. The molecule has 0 aromatic carbocycles. The highest BCUT2D eigenvalue weighted by molar-refractivity contribution is 7.96. The summed E-state index contributed by atoms with van der Waals surface area (Å²) in [5.41, 5.74) is 0. The van der Waals surface area contributed by atoms with E-state index < -0.39 is 0 Å². The Bertz CT molecular complexity index is 126. The molecule has 4 heteroatoms. The Labute approximate surface area is 59.5 Å². The molecule has 0 spiro atoms. The van der Waals surface area contributed by atoms with Crippen molar-refractivity contribution in [3.63, 3.8) is 0 Å². The van der Waals surface area contributed by atoms with Gasteiger partial charge in [0.25, 0.3) is 0 Å². The molecule has 1 heterocycles. The Morgan fingerprint density at radius 2 is 2.78 bits per heavy atom. The number of thiol groups is 1. The van der Waals surface area contributed by atoms with Crippen LogP contribution in [0.3, 0.4) is 0 Å². The van der Waals surface area contributed by atoms with Crippen molar-refractivity contribution in [3.05, 3.63) is 0 Å². The molecule has 0 aromatic heterocycles. The van der Waals surface area contributed by atoms with Crippen LogP contribution in [0.1, 0.15) is 6.92 Å². The molecule has 0 fully saturated rings. The molecule has 3 nitrogen and oxygen atoms in total. The maximum absolute atomic E-state index is 5.11. The zero-order valence-electron chi connectivity index (χ0n) is 5.20. The van der Waals surface area contributed by atoms with E-state index in [0.717, 1.165) is 0 Å². The Morgan fingerprint density at radius 3 is 3.22 bits per heavy atom. The van der Waals surface area contributed by atoms with Crippen molar-refractivity contribution in [1.29, 1.82) is 0 Å². The van der Waals surface area contributed by atoms with Crippen LogP contribution in [0.25, 0.3) is 0 Å². The summed E-state index contributed by atoms with van der Waals surface area (Å²) in [6.45, 7) is 3.09. The van der Waals surface area contributed by atoms with Gasteiger partial charge in [0, 0.05) is 6.61 Å². The number of ether oxygens (including phenoxy) is 2. The van der Waals surface area contributed by atoms with Crippen LogP contribution >= 0.6 is 12.6 Å². The third kappa shape index (κ3) is 1.87. The number of rotatable bonds is 2. The lowest BCUT2D eigenvalue weighted by molar-refractivity contribution is 0.0498. The van der Waals surface area contributed by atoms with E-state index in [9.17, 15) is 0 Å². The van der Waals surface area contributed by atoms with Gasteiger partial charge in [0.05, 0.1) is 0 Å². The van der Waals surface area contributed by atoms with Gasteiger partial charge >= 0.3 is 0 Å². The summed E-state index contributed by atoms with van der Waals surface area (Å²) in [5, 5.41) is 0.424. The van der Waals surface area contributed by atoms with Crippen molar-refractivity contribution in [3.8, 4) is 0 Å². The molecule has 1 unspecified atom stereocenters. The van der Waals surface area contributed by atoms with Gasteiger partial charge in [-0.1, -0.05) is 12.6 Å². The van der Waals surface area contributed by atoms with Gasteiger partial charge in [-0.25, -0.2) is 4.99 Å². The van der Waals surface area contributed by atoms with E-state index >= 15 is 0 Å². The quantitative estimate of drug-likeness (QED) is 0.582. The van der Waals surface area contributed by atoms with Crippen LogP contribution in [-0.4, -0.2) is 24.7 Å². The molecule has 0 N–H and O–H groups in total. The summed E-state index contributed by atoms with van der Waals surface area (Å²) >= 11 is 3.89. The third-order valence-corrected chi connectivity index (χ3v) is 1.21. The molecule has 1 atom stereocenters. The minimum Gasteiger partial charge on any atom is -0.468 e. The summed E-state index contributed by atoms with van der Waals surface area (Å²) < 4.78 is 10.0. The van der Waals surface area contributed by atoms with Gasteiger partial charge in [-0.05, 0) is 6.92 Å². The van der Waals surface area contributed by atoms with E-state index in [4.69, 9.17) is 9.47 Å². The predicted octanol–water partition coefficient (Wildman–Crippen LogP) is 0.665. The third-order valence-electron chi connectivity index (χ3n) is 0.968. The lowest BCUT2D eigenvalue weighted by Gasteiger charge is -2.01. The summed E-state index contributed by atoms with van der Waals surface area (Å²) in [6, 6.07) is 0. The normalized spacial score (nSPS) is 25.6. The van der Waals surface area contributed by atoms with Crippen molar-refractivity contribution < 1.29 is 9.47 Å². The van der Waals surface area contributed by atoms with E-state index in [2.05, 4.69) is 17.6 Å². The lowest BCUT2D eigenvalue weighted by atomic mass is 10.6.